The third-order valence-electron chi connectivity index (χ3n) is 5.23. The smallest absolute Gasteiger partial charge is 0.321 e. The highest BCUT2D eigenvalue weighted by Crippen LogP contribution is 2.20. The average molecular weight is 401 g/mol. The van der Waals surface area contributed by atoms with Crippen LogP contribution in [0.25, 0.3) is 0 Å². The molecule has 3 heterocycles. The van der Waals surface area contributed by atoms with Crippen molar-refractivity contribution in [1.29, 1.82) is 0 Å². The minimum Gasteiger partial charge on any atom is -0.353 e. The van der Waals surface area contributed by atoms with Gasteiger partial charge in [0, 0.05) is 56.2 Å². The molecule has 0 atom stereocenters. The Morgan fingerprint density at radius 1 is 0.964 bits per heavy atom. The predicted molar refractivity (Wildman–Crippen MR) is 112 cm³/mol. The summed E-state index contributed by atoms with van der Waals surface area (Å²) in [6.07, 6.45) is 5.53. The van der Waals surface area contributed by atoms with Gasteiger partial charge in [-0.25, -0.2) is 9.78 Å². The zero-order valence-electron chi connectivity index (χ0n) is 15.9. The minimum atomic E-state index is -0.0985. The summed E-state index contributed by atoms with van der Waals surface area (Å²) in [7, 11) is 0. The number of halogens is 1. The van der Waals surface area contributed by atoms with Crippen molar-refractivity contribution >= 4 is 35.1 Å². The van der Waals surface area contributed by atoms with Crippen molar-refractivity contribution in [3.63, 3.8) is 0 Å². The summed E-state index contributed by atoms with van der Waals surface area (Å²) in [5.74, 6) is 1.75. The predicted octanol–water partition coefficient (Wildman–Crippen LogP) is 3.47. The molecule has 2 aromatic rings. The number of carbonyl (C=O) groups excluding carboxylic acids is 1. The highest BCUT2D eigenvalue weighted by molar-refractivity contribution is 6.30. The van der Waals surface area contributed by atoms with Crippen LogP contribution < -0.4 is 15.1 Å². The van der Waals surface area contributed by atoms with Crippen molar-refractivity contribution in [1.82, 2.24) is 14.9 Å². The second-order valence-electron chi connectivity index (χ2n) is 7.18. The van der Waals surface area contributed by atoms with E-state index in [1.807, 2.05) is 29.3 Å². The number of piperidine rings is 1. The van der Waals surface area contributed by atoms with E-state index in [9.17, 15) is 4.79 Å². The lowest BCUT2D eigenvalue weighted by Gasteiger charge is -2.35. The number of aromatic nitrogens is 2. The summed E-state index contributed by atoms with van der Waals surface area (Å²) >= 11 is 5.98. The number of amides is 2. The lowest BCUT2D eigenvalue weighted by Crippen LogP contribution is -2.50. The molecule has 1 aromatic heterocycles. The van der Waals surface area contributed by atoms with E-state index in [1.54, 1.807) is 12.1 Å². The van der Waals surface area contributed by atoms with Gasteiger partial charge in [-0.15, -0.1) is 0 Å². The van der Waals surface area contributed by atoms with Gasteiger partial charge in [-0.3, -0.25) is 0 Å². The fraction of sp³-hybridized carbons (Fsp3) is 0.450. The molecule has 2 saturated heterocycles. The number of hydrogen-bond acceptors (Lipinski definition) is 5. The second kappa shape index (κ2) is 8.65. The lowest BCUT2D eigenvalue weighted by molar-refractivity contribution is 0.208. The summed E-state index contributed by atoms with van der Waals surface area (Å²) in [4.78, 5) is 28.0. The Hall–Kier alpha value is -2.54. The molecule has 1 aromatic carbocycles. The molecule has 0 bridgehead atoms. The number of carbonyl (C=O) groups is 1. The normalized spacial score (nSPS) is 17.5. The summed E-state index contributed by atoms with van der Waals surface area (Å²) < 4.78 is 0. The molecule has 4 rings (SSSR count). The Morgan fingerprint density at radius 2 is 1.75 bits per heavy atom. The third-order valence-corrected chi connectivity index (χ3v) is 5.47. The molecule has 28 heavy (non-hydrogen) atoms. The first-order valence-corrected chi connectivity index (χ1v) is 10.2. The summed E-state index contributed by atoms with van der Waals surface area (Å²) in [5.41, 5.74) is 0.710. The Labute approximate surface area is 170 Å². The lowest BCUT2D eigenvalue weighted by atomic mass is 10.1. The van der Waals surface area contributed by atoms with Crippen LogP contribution in [-0.4, -0.2) is 60.2 Å². The van der Waals surface area contributed by atoms with E-state index in [4.69, 9.17) is 16.6 Å². The van der Waals surface area contributed by atoms with Crippen molar-refractivity contribution in [3.8, 4) is 0 Å². The van der Waals surface area contributed by atoms with Crippen molar-refractivity contribution in [3.05, 3.63) is 41.6 Å². The number of anilines is 3. The van der Waals surface area contributed by atoms with Gasteiger partial charge < -0.3 is 20.0 Å². The molecule has 0 saturated carbocycles. The quantitative estimate of drug-likeness (QED) is 0.854. The molecule has 2 amide bonds. The molecule has 8 heteroatoms. The first-order chi connectivity index (χ1) is 13.7. The third kappa shape index (κ3) is 4.47. The van der Waals surface area contributed by atoms with Gasteiger partial charge in [-0.1, -0.05) is 17.7 Å². The van der Waals surface area contributed by atoms with Gasteiger partial charge >= 0.3 is 6.03 Å². The molecular weight excluding hydrogens is 376 g/mol. The number of benzene rings is 1. The highest BCUT2D eigenvalue weighted by atomic mass is 35.5. The SMILES string of the molecule is O=C(Nc1cccc(Cl)c1)N1CCN(c2ccnc(N3CCCCC3)n2)CC1. The van der Waals surface area contributed by atoms with Crippen LogP contribution in [0.2, 0.25) is 5.02 Å². The van der Waals surface area contributed by atoms with E-state index < -0.39 is 0 Å². The maximum Gasteiger partial charge on any atom is 0.321 e. The van der Waals surface area contributed by atoms with Crippen molar-refractivity contribution in [2.75, 3.05) is 54.4 Å². The van der Waals surface area contributed by atoms with E-state index >= 15 is 0 Å². The summed E-state index contributed by atoms with van der Waals surface area (Å²) in [5, 5.41) is 3.52. The first-order valence-electron chi connectivity index (χ1n) is 9.83. The Kier molecular flexibility index (Phi) is 5.81. The van der Waals surface area contributed by atoms with Gasteiger partial charge in [-0.2, -0.15) is 4.98 Å². The number of nitrogens with one attached hydrogen (secondary N) is 1. The molecule has 2 aliphatic rings. The standard InChI is InChI=1S/C20H25ClN6O/c21-16-5-4-6-17(15-16)23-20(28)27-13-11-25(12-14-27)18-7-8-22-19(24-18)26-9-2-1-3-10-26/h4-8,15H,1-3,9-14H2,(H,23,28). The maximum atomic E-state index is 12.5. The highest BCUT2D eigenvalue weighted by Gasteiger charge is 2.23. The average Bonchev–Trinajstić information content (AvgIpc) is 2.75. The van der Waals surface area contributed by atoms with Crippen LogP contribution in [0, 0.1) is 0 Å². The second-order valence-corrected chi connectivity index (χ2v) is 7.61. The summed E-state index contributed by atoms with van der Waals surface area (Å²) in [6.45, 7) is 4.85. The van der Waals surface area contributed by atoms with Crippen LogP contribution in [-0.2, 0) is 0 Å². The molecular formula is C20H25ClN6O. The van der Waals surface area contributed by atoms with Gasteiger partial charge in [0.15, 0.2) is 0 Å². The Bertz CT molecular complexity index is 818. The van der Waals surface area contributed by atoms with Crippen molar-refractivity contribution in [2.24, 2.45) is 0 Å². The van der Waals surface area contributed by atoms with Crippen LogP contribution in [0.4, 0.5) is 22.2 Å². The molecule has 1 N–H and O–H groups in total. The monoisotopic (exact) mass is 400 g/mol. The molecule has 0 unspecified atom stereocenters. The fourth-order valence-corrected chi connectivity index (χ4v) is 3.86. The topological polar surface area (TPSA) is 64.6 Å². The molecule has 0 aliphatic carbocycles. The van der Waals surface area contributed by atoms with Crippen LogP contribution in [0.1, 0.15) is 19.3 Å². The van der Waals surface area contributed by atoms with E-state index in [1.165, 1.54) is 19.3 Å². The molecule has 2 aliphatic heterocycles. The number of piperazine rings is 1. The van der Waals surface area contributed by atoms with Crippen LogP contribution in [0.5, 0.6) is 0 Å². The van der Waals surface area contributed by atoms with Crippen LogP contribution in [0.15, 0.2) is 36.5 Å². The summed E-state index contributed by atoms with van der Waals surface area (Å²) in [6, 6.07) is 9.05. The molecule has 148 valence electrons. The van der Waals surface area contributed by atoms with Crippen molar-refractivity contribution < 1.29 is 4.79 Å². The van der Waals surface area contributed by atoms with E-state index in [0.717, 1.165) is 37.9 Å². The van der Waals surface area contributed by atoms with Crippen LogP contribution >= 0.6 is 11.6 Å². The molecule has 0 spiro atoms. The van der Waals surface area contributed by atoms with Gasteiger partial charge in [-0.05, 0) is 43.5 Å². The Morgan fingerprint density at radius 3 is 2.50 bits per heavy atom. The first kappa shape index (κ1) is 18.8. The maximum absolute atomic E-state index is 12.5. The fourth-order valence-electron chi connectivity index (χ4n) is 3.67. The molecule has 0 radical (unpaired) electrons. The molecule has 7 nitrogen and oxygen atoms in total. The number of rotatable bonds is 3. The molecule has 2 fully saturated rings. The number of nitrogens with zero attached hydrogens (tertiary/aromatic N) is 5. The van der Waals surface area contributed by atoms with Crippen LogP contribution in [0.3, 0.4) is 0 Å². The Balaban J connectivity index is 1.34. The van der Waals surface area contributed by atoms with E-state index in [-0.39, 0.29) is 6.03 Å². The number of hydrogen-bond donors (Lipinski definition) is 1. The largest absolute Gasteiger partial charge is 0.353 e. The zero-order chi connectivity index (χ0) is 19.3. The van der Waals surface area contributed by atoms with Gasteiger partial charge in [0.25, 0.3) is 0 Å². The van der Waals surface area contributed by atoms with Gasteiger partial charge in [0.05, 0.1) is 0 Å². The van der Waals surface area contributed by atoms with E-state index in [2.05, 4.69) is 20.1 Å². The van der Waals surface area contributed by atoms with Gasteiger partial charge in [0.1, 0.15) is 5.82 Å². The minimum absolute atomic E-state index is 0.0985. The van der Waals surface area contributed by atoms with Gasteiger partial charge in [0.2, 0.25) is 5.95 Å². The number of urea groups is 1. The van der Waals surface area contributed by atoms with Crippen molar-refractivity contribution in [2.45, 2.75) is 19.3 Å². The zero-order valence-corrected chi connectivity index (χ0v) is 16.6. The van der Waals surface area contributed by atoms with E-state index in [0.29, 0.717) is 23.8 Å².